The summed E-state index contributed by atoms with van der Waals surface area (Å²) in [5.74, 6) is -0.636. The fraction of sp³-hybridized carbons (Fsp3) is 0.250. The second-order valence-electron chi connectivity index (χ2n) is 2.70. The predicted molar refractivity (Wildman–Crippen MR) is 52.3 cm³/mol. The second-order valence-corrected chi connectivity index (χ2v) is 3.76. The van der Waals surface area contributed by atoms with Gasteiger partial charge in [0.2, 0.25) is 0 Å². The third-order valence-corrected chi connectivity index (χ3v) is 2.23. The molecule has 6 heteroatoms. The van der Waals surface area contributed by atoms with Crippen LogP contribution in [0.25, 0.3) is 0 Å². The van der Waals surface area contributed by atoms with Gasteiger partial charge in [-0.25, -0.2) is 4.39 Å². The highest BCUT2D eigenvalue weighted by atomic mass is 35.5. The van der Waals surface area contributed by atoms with Crippen molar-refractivity contribution in [3.8, 4) is 0 Å². The molecule has 76 valence electrons. The first kappa shape index (κ1) is 11.2. The summed E-state index contributed by atoms with van der Waals surface area (Å²) in [6, 6.07) is 1.95. The van der Waals surface area contributed by atoms with Gasteiger partial charge in [-0.05, 0) is 13.0 Å². The molecule has 0 aliphatic carbocycles. The lowest BCUT2D eigenvalue weighted by Gasteiger charge is -2.05. The number of hydrogen-bond acceptors (Lipinski definition) is 2. The summed E-state index contributed by atoms with van der Waals surface area (Å²) < 4.78 is 13.2. The van der Waals surface area contributed by atoms with Crippen molar-refractivity contribution in [1.29, 1.82) is 0 Å². The first-order valence-electron chi connectivity index (χ1n) is 3.71. The van der Waals surface area contributed by atoms with Crippen molar-refractivity contribution < 1.29 is 9.31 Å². The highest BCUT2D eigenvalue weighted by molar-refractivity contribution is 6.32. The molecule has 1 rings (SSSR count). The maximum Gasteiger partial charge on any atom is 0.288 e. The molecule has 0 N–H and O–H groups in total. The van der Waals surface area contributed by atoms with E-state index in [2.05, 4.69) is 0 Å². The summed E-state index contributed by atoms with van der Waals surface area (Å²) in [6.45, 7) is 1.53. The van der Waals surface area contributed by atoms with Gasteiger partial charge in [0.15, 0.2) is 0 Å². The molecule has 0 heterocycles. The Bertz CT molecular complexity index is 382. The number of rotatable bonds is 2. The van der Waals surface area contributed by atoms with E-state index in [-0.39, 0.29) is 16.3 Å². The van der Waals surface area contributed by atoms with Crippen molar-refractivity contribution in [1.82, 2.24) is 0 Å². The van der Waals surface area contributed by atoms with Gasteiger partial charge in [-0.1, -0.05) is 11.6 Å². The molecule has 0 aromatic heterocycles. The molecule has 0 aliphatic rings. The van der Waals surface area contributed by atoms with E-state index in [0.29, 0.717) is 0 Å². The van der Waals surface area contributed by atoms with E-state index in [4.69, 9.17) is 23.2 Å². The average molecular weight is 238 g/mol. The maximum absolute atomic E-state index is 13.2. The van der Waals surface area contributed by atoms with Crippen LogP contribution < -0.4 is 0 Å². The molecule has 0 saturated heterocycles. The number of benzene rings is 1. The maximum atomic E-state index is 13.2. The first-order chi connectivity index (χ1) is 6.43. The van der Waals surface area contributed by atoms with Crippen molar-refractivity contribution in [3.05, 3.63) is 38.7 Å². The Kier molecular flexibility index (Phi) is 3.29. The number of nitro benzene ring substituents is 1. The molecule has 0 aliphatic heterocycles. The molecule has 1 aromatic rings. The van der Waals surface area contributed by atoms with Crippen LogP contribution in [0, 0.1) is 15.9 Å². The summed E-state index contributed by atoms with van der Waals surface area (Å²) in [5.41, 5.74) is -0.265. The SMILES string of the molecule is CC(Cl)c1cc([N+](=O)[O-])c(Cl)cc1F. The smallest absolute Gasteiger partial charge is 0.258 e. The standard InChI is InChI=1S/C8H6Cl2FNO2/c1-4(9)5-2-8(12(13)14)6(10)3-7(5)11/h2-4H,1H3. The van der Waals surface area contributed by atoms with Crippen LogP contribution in [0.2, 0.25) is 5.02 Å². The molecule has 0 amide bonds. The van der Waals surface area contributed by atoms with Crippen LogP contribution in [-0.4, -0.2) is 4.92 Å². The van der Waals surface area contributed by atoms with Gasteiger partial charge in [0.1, 0.15) is 10.8 Å². The molecule has 0 bridgehead atoms. The third-order valence-electron chi connectivity index (χ3n) is 1.69. The first-order valence-corrected chi connectivity index (χ1v) is 4.52. The minimum absolute atomic E-state index is 0.0720. The lowest BCUT2D eigenvalue weighted by molar-refractivity contribution is -0.384. The van der Waals surface area contributed by atoms with E-state index < -0.39 is 16.1 Å². The Balaban J connectivity index is 3.34. The van der Waals surface area contributed by atoms with Crippen molar-refractivity contribution in [2.75, 3.05) is 0 Å². The van der Waals surface area contributed by atoms with E-state index in [1.807, 2.05) is 0 Å². The Hall–Kier alpha value is -0.870. The Morgan fingerprint density at radius 3 is 2.57 bits per heavy atom. The van der Waals surface area contributed by atoms with Crippen LogP contribution in [0.15, 0.2) is 12.1 Å². The largest absolute Gasteiger partial charge is 0.288 e. The third kappa shape index (κ3) is 2.13. The van der Waals surface area contributed by atoms with Gasteiger partial charge in [-0.15, -0.1) is 11.6 Å². The van der Waals surface area contributed by atoms with E-state index in [9.17, 15) is 14.5 Å². The quantitative estimate of drug-likeness (QED) is 0.448. The van der Waals surface area contributed by atoms with Crippen molar-refractivity contribution in [2.45, 2.75) is 12.3 Å². The topological polar surface area (TPSA) is 43.1 Å². The zero-order chi connectivity index (χ0) is 10.9. The molecule has 0 saturated carbocycles. The van der Waals surface area contributed by atoms with Crippen LogP contribution in [-0.2, 0) is 0 Å². The number of nitrogens with zero attached hydrogens (tertiary/aromatic N) is 1. The molecular formula is C8H6Cl2FNO2. The van der Waals surface area contributed by atoms with Gasteiger partial charge in [0, 0.05) is 11.6 Å². The van der Waals surface area contributed by atoms with E-state index in [1.54, 1.807) is 0 Å². The van der Waals surface area contributed by atoms with Gasteiger partial charge >= 0.3 is 0 Å². The molecule has 0 radical (unpaired) electrons. The lowest BCUT2D eigenvalue weighted by atomic mass is 10.1. The van der Waals surface area contributed by atoms with Crippen LogP contribution in [0.3, 0.4) is 0 Å². The molecule has 3 nitrogen and oxygen atoms in total. The van der Waals surface area contributed by atoms with E-state index in [0.717, 1.165) is 12.1 Å². The summed E-state index contributed by atoms with van der Waals surface area (Å²) in [6.07, 6.45) is 0. The lowest BCUT2D eigenvalue weighted by Crippen LogP contribution is -1.96. The minimum Gasteiger partial charge on any atom is -0.258 e. The van der Waals surface area contributed by atoms with Crippen molar-refractivity contribution >= 4 is 28.9 Å². The molecule has 14 heavy (non-hydrogen) atoms. The van der Waals surface area contributed by atoms with Crippen molar-refractivity contribution in [2.24, 2.45) is 0 Å². The fourth-order valence-electron chi connectivity index (χ4n) is 0.998. The highest BCUT2D eigenvalue weighted by Crippen LogP contribution is 2.32. The molecule has 1 aromatic carbocycles. The van der Waals surface area contributed by atoms with Crippen LogP contribution in [0.1, 0.15) is 17.9 Å². The Morgan fingerprint density at radius 2 is 2.14 bits per heavy atom. The highest BCUT2D eigenvalue weighted by Gasteiger charge is 2.19. The Labute approximate surface area is 89.6 Å². The zero-order valence-corrected chi connectivity index (χ0v) is 8.64. The molecule has 0 spiro atoms. The predicted octanol–water partition coefficient (Wildman–Crippen LogP) is 3.69. The average Bonchev–Trinajstić information content (AvgIpc) is 2.02. The summed E-state index contributed by atoms with van der Waals surface area (Å²) in [4.78, 5) is 9.79. The minimum atomic E-state index is -0.676. The normalized spacial score (nSPS) is 12.6. The number of halogens is 3. The molecule has 1 atom stereocenters. The van der Waals surface area contributed by atoms with Crippen LogP contribution in [0.4, 0.5) is 10.1 Å². The van der Waals surface area contributed by atoms with E-state index >= 15 is 0 Å². The van der Waals surface area contributed by atoms with Crippen LogP contribution in [0.5, 0.6) is 0 Å². The zero-order valence-electron chi connectivity index (χ0n) is 7.13. The summed E-state index contributed by atoms with van der Waals surface area (Å²) in [7, 11) is 0. The van der Waals surface area contributed by atoms with E-state index in [1.165, 1.54) is 6.92 Å². The summed E-state index contributed by atoms with van der Waals surface area (Å²) in [5, 5.41) is 9.60. The molecular weight excluding hydrogens is 232 g/mol. The van der Waals surface area contributed by atoms with Gasteiger partial charge < -0.3 is 0 Å². The fourth-order valence-corrected chi connectivity index (χ4v) is 1.39. The van der Waals surface area contributed by atoms with Gasteiger partial charge in [0.05, 0.1) is 10.3 Å². The number of hydrogen-bond donors (Lipinski definition) is 0. The molecule has 0 fully saturated rings. The summed E-state index contributed by atoms with van der Waals surface area (Å²) >= 11 is 11.1. The molecule has 1 unspecified atom stereocenters. The van der Waals surface area contributed by atoms with Crippen LogP contribution >= 0.6 is 23.2 Å². The van der Waals surface area contributed by atoms with Gasteiger partial charge in [-0.3, -0.25) is 10.1 Å². The van der Waals surface area contributed by atoms with Crippen molar-refractivity contribution in [3.63, 3.8) is 0 Å². The van der Waals surface area contributed by atoms with Gasteiger partial charge in [0.25, 0.3) is 5.69 Å². The monoisotopic (exact) mass is 237 g/mol. The Morgan fingerprint density at radius 1 is 1.57 bits per heavy atom. The van der Waals surface area contributed by atoms with Gasteiger partial charge in [-0.2, -0.15) is 0 Å². The second kappa shape index (κ2) is 4.11. The number of nitro groups is 1. The number of alkyl halides is 1.